The zero-order valence-electron chi connectivity index (χ0n) is 9.37. The maximum Gasteiger partial charge on any atom is 0.352 e. The largest absolute Gasteiger partial charge is 0.477 e. The van der Waals surface area contributed by atoms with Crippen LogP contribution in [0.2, 0.25) is 0 Å². The highest BCUT2D eigenvalue weighted by atomic mass is 19.1. The van der Waals surface area contributed by atoms with Gasteiger partial charge in [0.25, 0.3) is 0 Å². The van der Waals surface area contributed by atoms with Gasteiger partial charge >= 0.3 is 5.97 Å². The Bertz CT molecular complexity index is 602. The summed E-state index contributed by atoms with van der Waals surface area (Å²) in [4.78, 5) is 11.1. The molecule has 0 atom stereocenters. The third-order valence-corrected chi connectivity index (χ3v) is 2.59. The Labute approximate surface area is 96.3 Å². The molecule has 0 aliphatic rings. The molecule has 0 saturated heterocycles. The van der Waals surface area contributed by atoms with E-state index in [1.165, 1.54) is 10.6 Å². The first-order valence-corrected chi connectivity index (χ1v) is 5.15. The Morgan fingerprint density at radius 3 is 2.47 bits per heavy atom. The Balaban J connectivity index is 2.90. The molecule has 3 nitrogen and oxygen atoms in total. The van der Waals surface area contributed by atoms with Crippen molar-refractivity contribution in [3.8, 4) is 0 Å². The monoisotopic (exact) mass is 239 g/mol. The highest BCUT2D eigenvalue weighted by Crippen LogP contribution is 2.27. The molecule has 0 amide bonds. The third kappa shape index (κ3) is 1.77. The van der Waals surface area contributed by atoms with Crippen molar-refractivity contribution in [3.63, 3.8) is 0 Å². The van der Waals surface area contributed by atoms with Crippen LogP contribution in [0.25, 0.3) is 10.9 Å². The minimum absolute atomic E-state index is 0.0421. The van der Waals surface area contributed by atoms with E-state index < -0.39 is 17.6 Å². The second-order valence-corrected chi connectivity index (χ2v) is 4.12. The third-order valence-electron chi connectivity index (χ3n) is 2.59. The zero-order chi connectivity index (χ0) is 12.7. The summed E-state index contributed by atoms with van der Waals surface area (Å²) in [5, 5.41) is 9.30. The molecular weight excluding hydrogens is 228 g/mol. The lowest BCUT2D eigenvalue weighted by Crippen LogP contribution is -2.10. The predicted octanol–water partition coefficient (Wildman–Crippen LogP) is 3.20. The number of fused-ring (bicyclic) bond motifs is 1. The first-order chi connectivity index (χ1) is 7.91. The van der Waals surface area contributed by atoms with Crippen molar-refractivity contribution in [2.45, 2.75) is 19.9 Å². The first kappa shape index (κ1) is 11.6. The highest BCUT2D eigenvalue weighted by molar-refractivity contribution is 5.95. The lowest BCUT2D eigenvalue weighted by atomic mass is 10.2. The Hall–Kier alpha value is -1.91. The van der Waals surface area contributed by atoms with Crippen molar-refractivity contribution in [1.82, 2.24) is 4.57 Å². The van der Waals surface area contributed by atoms with E-state index in [2.05, 4.69) is 0 Å². The number of aromatic nitrogens is 1. The van der Waals surface area contributed by atoms with Gasteiger partial charge in [0.1, 0.15) is 17.3 Å². The summed E-state index contributed by atoms with van der Waals surface area (Å²) < 4.78 is 28.1. The van der Waals surface area contributed by atoms with Crippen molar-refractivity contribution < 1.29 is 18.7 Å². The van der Waals surface area contributed by atoms with Gasteiger partial charge in [-0.2, -0.15) is 0 Å². The van der Waals surface area contributed by atoms with E-state index >= 15 is 0 Å². The van der Waals surface area contributed by atoms with E-state index in [4.69, 9.17) is 5.11 Å². The lowest BCUT2D eigenvalue weighted by molar-refractivity contribution is 0.0684. The molecule has 2 aromatic rings. The summed E-state index contributed by atoms with van der Waals surface area (Å²) in [5.74, 6) is -2.62. The molecule has 0 bridgehead atoms. The van der Waals surface area contributed by atoms with Crippen molar-refractivity contribution in [2.24, 2.45) is 0 Å². The number of rotatable bonds is 2. The lowest BCUT2D eigenvalue weighted by Gasteiger charge is -2.12. The van der Waals surface area contributed by atoms with Crippen molar-refractivity contribution in [1.29, 1.82) is 0 Å². The van der Waals surface area contributed by atoms with E-state index in [0.29, 0.717) is 0 Å². The molecule has 0 spiro atoms. The van der Waals surface area contributed by atoms with Gasteiger partial charge in [-0.15, -0.1) is 0 Å². The van der Waals surface area contributed by atoms with Crippen LogP contribution in [0.3, 0.4) is 0 Å². The number of aromatic carboxylic acids is 1. The Kier molecular flexibility index (Phi) is 2.61. The molecule has 1 aromatic heterocycles. The SMILES string of the molecule is CC(C)n1c(C(=O)O)cc2cc(F)cc(F)c21. The van der Waals surface area contributed by atoms with Gasteiger partial charge in [0.15, 0.2) is 0 Å². The van der Waals surface area contributed by atoms with Gasteiger partial charge in [-0.05, 0) is 26.0 Å². The van der Waals surface area contributed by atoms with Crippen LogP contribution in [-0.4, -0.2) is 15.6 Å². The molecule has 1 N–H and O–H groups in total. The normalized spacial score (nSPS) is 11.4. The number of carboxylic acids is 1. The van der Waals surface area contributed by atoms with Crippen LogP contribution in [0.15, 0.2) is 18.2 Å². The van der Waals surface area contributed by atoms with Crippen LogP contribution in [-0.2, 0) is 0 Å². The minimum atomic E-state index is -1.16. The van der Waals surface area contributed by atoms with E-state index in [-0.39, 0.29) is 22.6 Å². The molecule has 1 heterocycles. The van der Waals surface area contributed by atoms with Crippen molar-refractivity contribution in [3.05, 3.63) is 35.5 Å². The van der Waals surface area contributed by atoms with Crippen LogP contribution < -0.4 is 0 Å². The Morgan fingerprint density at radius 2 is 1.94 bits per heavy atom. The number of benzene rings is 1. The first-order valence-electron chi connectivity index (χ1n) is 5.15. The van der Waals surface area contributed by atoms with Gasteiger partial charge in [0.2, 0.25) is 0 Å². The molecule has 0 aliphatic heterocycles. The maximum atomic E-state index is 13.7. The predicted molar refractivity (Wildman–Crippen MR) is 59.2 cm³/mol. The minimum Gasteiger partial charge on any atom is -0.477 e. The average Bonchev–Trinajstić information content (AvgIpc) is 2.56. The molecule has 0 aliphatic carbocycles. The van der Waals surface area contributed by atoms with Gasteiger partial charge < -0.3 is 9.67 Å². The molecule has 0 radical (unpaired) electrons. The van der Waals surface area contributed by atoms with E-state index in [9.17, 15) is 13.6 Å². The van der Waals surface area contributed by atoms with E-state index in [1.54, 1.807) is 13.8 Å². The number of hydrogen-bond donors (Lipinski definition) is 1. The van der Waals surface area contributed by atoms with Crippen LogP contribution >= 0.6 is 0 Å². The number of nitrogens with zero attached hydrogens (tertiary/aromatic N) is 1. The van der Waals surface area contributed by atoms with E-state index in [1.807, 2.05) is 0 Å². The summed E-state index contributed by atoms with van der Waals surface area (Å²) in [5.41, 5.74) is 0.0818. The van der Waals surface area contributed by atoms with Gasteiger partial charge in [-0.1, -0.05) is 0 Å². The average molecular weight is 239 g/mol. The molecule has 5 heteroatoms. The van der Waals surface area contributed by atoms with Crippen LogP contribution in [0.4, 0.5) is 8.78 Å². The van der Waals surface area contributed by atoms with Gasteiger partial charge in [-0.3, -0.25) is 0 Å². The van der Waals surface area contributed by atoms with Crippen LogP contribution in [0.5, 0.6) is 0 Å². The van der Waals surface area contributed by atoms with Gasteiger partial charge in [-0.25, -0.2) is 13.6 Å². The summed E-state index contributed by atoms with van der Waals surface area (Å²) in [6, 6.07) is 2.94. The standard InChI is InChI=1S/C12H11F2NO2/c1-6(2)15-10(12(16)17)4-7-3-8(13)5-9(14)11(7)15/h3-6H,1-2H3,(H,16,17). The quantitative estimate of drug-likeness (QED) is 0.874. The van der Waals surface area contributed by atoms with Gasteiger partial charge in [0, 0.05) is 17.5 Å². The van der Waals surface area contributed by atoms with Crippen molar-refractivity contribution in [2.75, 3.05) is 0 Å². The summed E-state index contributed by atoms with van der Waals surface area (Å²) >= 11 is 0. The second-order valence-electron chi connectivity index (χ2n) is 4.12. The topological polar surface area (TPSA) is 42.2 Å². The summed E-state index contributed by atoms with van der Waals surface area (Å²) in [6.45, 7) is 3.49. The zero-order valence-corrected chi connectivity index (χ0v) is 9.37. The molecule has 1 aromatic carbocycles. The molecule has 17 heavy (non-hydrogen) atoms. The van der Waals surface area contributed by atoms with Crippen molar-refractivity contribution >= 4 is 16.9 Å². The summed E-state index contributed by atoms with van der Waals surface area (Å²) in [6.07, 6.45) is 0. The number of carboxylic acid groups (broad SMARTS) is 1. The summed E-state index contributed by atoms with van der Waals surface area (Å²) in [7, 11) is 0. The van der Waals surface area contributed by atoms with Crippen LogP contribution in [0.1, 0.15) is 30.4 Å². The molecule has 0 unspecified atom stereocenters. The number of carbonyl (C=O) groups is 1. The van der Waals surface area contributed by atoms with E-state index in [0.717, 1.165) is 12.1 Å². The molecular formula is C12H11F2NO2. The van der Waals surface area contributed by atoms with Gasteiger partial charge in [0.05, 0.1) is 5.52 Å². The molecule has 90 valence electrons. The smallest absolute Gasteiger partial charge is 0.352 e. The molecule has 0 fully saturated rings. The number of hydrogen-bond acceptors (Lipinski definition) is 1. The molecule has 0 saturated carbocycles. The fourth-order valence-electron chi connectivity index (χ4n) is 1.99. The molecule has 2 rings (SSSR count). The fourth-order valence-corrected chi connectivity index (χ4v) is 1.99. The Morgan fingerprint density at radius 1 is 1.29 bits per heavy atom. The second kappa shape index (κ2) is 3.84. The number of halogens is 2. The maximum absolute atomic E-state index is 13.7. The highest BCUT2D eigenvalue weighted by Gasteiger charge is 2.19. The van der Waals surface area contributed by atoms with Crippen LogP contribution in [0, 0.1) is 11.6 Å². The fraction of sp³-hybridized carbons (Fsp3) is 0.250.